The molecule has 0 amide bonds. The van der Waals surface area contributed by atoms with Crippen molar-refractivity contribution >= 4 is 0 Å². The van der Waals surface area contributed by atoms with Crippen LogP contribution in [0.3, 0.4) is 0 Å². The maximum atomic E-state index is 13.3. The third-order valence-electron chi connectivity index (χ3n) is 4.33. The predicted octanol–water partition coefficient (Wildman–Crippen LogP) is 5.06. The highest BCUT2D eigenvalue weighted by Crippen LogP contribution is 2.34. The van der Waals surface area contributed by atoms with E-state index < -0.39 is 0 Å². The summed E-state index contributed by atoms with van der Waals surface area (Å²) in [5.41, 5.74) is 4.11. The molecule has 0 unspecified atom stereocenters. The van der Waals surface area contributed by atoms with Gasteiger partial charge >= 0.3 is 0 Å². The normalized spacial score (nSPS) is 10.7. The number of para-hydroxylation sites is 1. The fourth-order valence-corrected chi connectivity index (χ4v) is 2.95. The Morgan fingerprint density at radius 1 is 0.889 bits per heavy atom. The number of nitrogens with zero attached hydrogens (tertiary/aromatic N) is 2. The summed E-state index contributed by atoms with van der Waals surface area (Å²) in [7, 11) is 1.51. The van der Waals surface area contributed by atoms with Gasteiger partial charge in [0.2, 0.25) is 0 Å². The summed E-state index contributed by atoms with van der Waals surface area (Å²) in [5.74, 6) is 0.173. The lowest BCUT2D eigenvalue weighted by Crippen LogP contribution is -1.99. The Bertz CT molecular complexity index is 1070. The number of aromatic nitrogens is 2. The molecule has 0 radical (unpaired) electrons. The molecule has 5 heteroatoms. The third kappa shape index (κ3) is 3.27. The van der Waals surface area contributed by atoms with Crippen LogP contribution in [0.4, 0.5) is 4.39 Å². The topological polar surface area (TPSA) is 47.3 Å². The molecule has 0 saturated heterocycles. The first kappa shape index (κ1) is 16.8. The van der Waals surface area contributed by atoms with Crippen LogP contribution < -0.4 is 4.74 Å². The van der Waals surface area contributed by atoms with Gasteiger partial charge in [-0.2, -0.15) is 5.10 Å². The molecular weight excluding hydrogens is 343 g/mol. The zero-order chi connectivity index (χ0) is 18.8. The van der Waals surface area contributed by atoms with Crippen LogP contribution in [0.15, 0.2) is 78.9 Å². The van der Waals surface area contributed by atoms with Crippen molar-refractivity contribution in [1.82, 2.24) is 9.78 Å². The molecular formula is C22H17FN2O2. The number of halogens is 1. The van der Waals surface area contributed by atoms with Crippen LogP contribution in [-0.2, 0) is 0 Å². The van der Waals surface area contributed by atoms with Crippen LogP contribution in [0.2, 0.25) is 0 Å². The van der Waals surface area contributed by atoms with E-state index in [1.54, 1.807) is 24.3 Å². The number of rotatable bonds is 4. The molecule has 3 aromatic carbocycles. The number of methoxy groups -OCH3 is 1. The lowest BCUT2D eigenvalue weighted by Gasteiger charge is -2.09. The highest BCUT2D eigenvalue weighted by molar-refractivity contribution is 5.72. The number of aromatic hydroxyl groups is 1. The van der Waals surface area contributed by atoms with Crippen LogP contribution in [0.1, 0.15) is 0 Å². The number of phenolic OH excluding ortho intramolecular Hbond substituents is 1. The fourth-order valence-electron chi connectivity index (χ4n) is 2.95. The van der Waals surface area contributed by atoms with Crippen molar-refractivity contribution in [2.45, 2.75) is 0 Å². The van der Waals surface area contributed by atoms with Crippen molar-refractivity contribution in [3.63, 3.8) is 0 Å². The quantitative estimate of drug-likeness (QED) is 0.553. The monoisotopic (exact) mass is 360 g/mol. The van der Waals surface area contributed by atoms with Crippen LogP contribution in [0, 0.1) is 5.82 Å². The molecule has 134 valence electrons. The molecule has 0 aliphatic heterocycles. The Morgan fingerprint density at radius 2 is 1.59 bits per heavy atom. The zero-order valence-corrected chi connectivity index (χ0v) is 14.6. The van der Waals surface area contributed by atoms with Crippen molar-refractivity contribution in [3.05, 3.63) is 84.7 Å². The minimum atomic E-state index is -0.287. The van der Waals surface area contributed by atoms with Gasteiger partial charge in [0.25, 0.3) is 0 Å². The van der Waals surface area contributed by atoms with Crippen molar-refractivity contribution < 1.29 is 14.2 Å². The number of hydrogen-bond donors (Lipinski definition) is 1. The van der Waals surface area contributed by atoms with Gasteiger partial charge in [-0.15, -0.1) is 0 Å². The molecule has 27 heavy (non-hydrogen) atoms. The molecule has 1 heterocycles. The second kappa shape index (κ2) is 6.96. The summed E-state index contributed by atoms with van der Waals surface area (Å²) in [4.78, 5) is 0. The van der Waals surface area contributed by atoms with E-state index in [-0.39, 0.29) is 11.6 Å². The average molecular weight is 360 g/mol. The van der Waals surface area contributed by atoms with Gasteiger partial charge in [-0.05, 0) is 60.7 Å². The van der Waals surface area contributed by atoms with E-state index in [0.29, 0.717) is 5.75 Å². The van der Waals surface area contributed by atoms with Crippen molar-refractivity contribution in [1.29, 1.82) is 0 Å². The molecule has 0 saturated carbocycles. The summed E-state index contributed by atoms with van der Waals surface area (Å²) in [6.07, 6.45) is 0. The molecule has 0 aliphatic rings. The van der Waals surface area contributed by atoms with Gasteiger partial charge in [-0.1, -0.05) is 18.2 Å². The summed E-state index contributed by atoms with van der Waals surface area (Å²) in [6, 6.07) is 23.1. The molecule has 0 bridgehead atoms. The van der Waals surface area contributed by atoms with Crippen molar-refractivity contribution in [3.8, 4) is 39.7 Å². The Kier molecular flexibility index (Phi) is 4.34. The molecule has 1 aromatic heterocycles. The van der Waals surface area contributed by atoms with E-state index >= 15 is 0 Å². The van der Waals surface area contributed by atoms with E-state index in [1.165, 1.54) is 19.2 Å². The minimum absolute atomic E-state index is 0.0748. The highest BCUT2D eigenvalue weighted by Gasteiger charge is 2.15. The molecule has 0 atom stereocenters. The largest absolute Gasteiger partial charge is 0.504 e. The van der Waals surface area contributed by atoms with Crippen LogP contribution in [0.5, 0.6) is 11.5 Å². The molecule has 0 spiro atoms. The Hall–Kier alpha value is -3.60. The smallest absolute Gasteiger partial charge is 0.161 e. The van der Waals surface area contributed by atoms with Crippen LogP contribution >= 0.6 is 0 Å². The fraction of sp³-hybridized carbons (Fsp3) is 0.0455. The van der Waals surface area contributed by atoms with Gasteiger partial charge in [0, 0.05) is 11.1 Å². The molecule has 1 N–H and O–H groups in total. The second-order valence-corrected chi connectivity index (χ2v) is 6.06. The lowest BCUT2D eigenvalue weighted by molar-refractivity contribution is 0.373. The van der Waals surface area contributed by atoms with E-state index in [0.717, 1.165) is 28.2 Å². The van der Waals surface area contributed by atoms with E-state index in [4.69, 9.17) is 9.84 Å². The SMILES string of the molecule is COc1cc(-c2cc(-c3ccc(F)cc3)nn2-c2ccccc2)ccc1O. The molecule has 4 aromatic rings. The predicted molar refractivity (Wildman–Crippen MR) is 103 cm³/mol. The summed E-state index contributed by atoms with van der Waals surface area (Å²) in [5, 5.41) is 14.6. The van der Waals surface area contributed by atoms with Gasteiger partial charge in [0.1, 0.15) is 5.82 Å². The van der Waals surface area contributed by atoms with E-state index in [2.05, 4.69) is 0 Å². The Balaban J connectivity index is 1.90. The van der Waals surface area contributed by atoms with E-state index in [9.17, 15) is 9.50 Å². The van der Waals surface area contributed by atoms with Crippen molar-refractivity contribution in [2.24, 2.45) is 0 Å². The third-order valence-corrected chi connectivity index (χ3v) is 4.33. The van der Waals surface area contributed by atoms with Gasteiger partial charge in [-0.3, -0.25) is 0 Å². The van der Waals surface area contributed by atoms with Crippen LogP contribution in [-0.4, -0.2) is 22.0 Å². The first-order valence-electron chi connectivity index (χ1n) is 8.44. The van der Waals surface area contributed by atoms with Gasteiger partial charge in [0.15, 0.2) is 11.5 Å². The maximum absolute atomic E-state index is 13.3. The van der Waals surface area contributed by atoms with Crippen molar-refractivity contribution in [2.75, 3.05) is 7.11 Å². The number of phenols is 1. The summed E-state index contributed by atoms with van der Waals surface area (Å²) in [6.45, 7) is 0. The highest BCUT2D eigenvalue weighted by atomic mass is 19.1. The number of benzene rings is 3. The number of ether oxygens (including phenoxy) is 1. The van der Waals surface area contributed by atoms with Gasteiger partial charge < -0.3 is 9.84 Å². The van der Waals surface area contributed by atoms with Gasteiger partial charge in [0.05, 0.1) is 24.2 Å². The number of hydrogen-bond acceptors (Lipinski definition) is 3. The summed E-state index contributed by atoms with van der Waals surface area (Å²) < 4.78 is 20.3. The average Bonchev–Trinajstić information content (AvgIpc) is 3.15. The first-order chi connectivity index (χ1) is 13.2. The minimum Gasteiger partial charge on any atom is -0.504 e. The maximum Gasteiger partial charge on any atom is 0.161 e. The Morgan fingerprint density at radius 3 is 2.30 bits per heavy atom. The molecule has 4 nitrogen and oxygen atoms in total. The molecule has 0 aliphatic carbocycles. The summed E-state index contributed by atoms with van der Waals surface area (Å²) >= 11 is 0. The Labute approximate surface area is 156 Å². The second-order valence-electron chi connectivity index (χ2n) is 6.06. The lowest BCUT2D eigenvalue weighted by atomic mass is 10.1. The van der Waals surface area contributed by atoms with E-state index in [1.807, 2.05) is 47.1 Å². The standard InChI is InChI=1S/C22H17FN2O2/c1-27-22-13-16(9-12-21(22)26)20-14-19(15-7-10-17(23)11-8-15)24-25(20)18-5-3-2-4-6-18/h2-14,26H,1H3. The zero-order valence-electron chi connectivity index (χ0n) is 14.6. The molecule has 4 rings (SSSR count). The first-order valence-corrected chi connectivity index (χ1v) is 8.44. The van der Waals surface area contributed by atoms with Gasteiger partial charge in [-0.25, -0.2) is 9.07 Å². The molecule has 0 fully saturated rings. The van der Waals surface area contributed by atoms with Crippen LogP contribution in [0.25, 0.3) is 28.2 Å².